The number of amides is 1. The Bertz CT molecular complexity index is 399. The number of carbonyl (C=O) groups is 1. The summed E-state index contributed by atoms with van der Waals surface area (Å²) in [6.45, 7) is 5.06. The first-order valence-corrected chi connectivity index (χ1v) is 5.80. The third-order valence-electron chi connectivity index (χ3n) is 2.26. The van der Waals surface area contributed by atoms with Gasteiger partial charge in [-0.15, -0.1) is 6.58 Å². The molecule has 0 spiro atoms. The summed E-state index contributed by atoms with van der Waals surface area (Å²) in [6, 6.07) is 0. The van der Waals surface area contributed by atoms with Crippen molar-refractivity contribution in [3.63, 3.8) is 0 Å². The van der Waals surface area contributed by atoms with E-state index < -0.39 is 0 Å². The topological polar surface area (TPSA) is 65.5 Å². The van der Waals surface area contributed by atoms with Crippen LogP contribution in [0.25, 0.3) is 0 Å². The first-order chi connectivity index (χ1) is 7.70. The summed E-state index contributed by atoms with van der Waals surface area (Å²) in [6.07, 6.45) is 2.92. The molecule has 0 saturated carbocycles. The van der Waals surface area contributed by atoms with Gasteiger partial charge in [0.25, 0.3) is 5.91 Å². The minimum atomic E-state index is -0.366. The summed E-state index contributed by atoms with van der Waals surface area (Å²) >= 11 is 1.32. The molecule has 2 rings (SSSR count). The second kappa shape index (κ2) is 4.63. The molecule has 0 atom stereocenters. The highest BCUT2D eigenvalue weighted by molar-refractivity contribution is 7.17. The zero-order valence-corrected chi connectivity index (χ0v) is 9.54. The van der Waals surface area contributed by atoms with Gasteiger partial charge in [0.2, 0.25) is 0 Å². The van der Waals surface area contributed by atoms with Crippen molar-refractivity contribution in [3.8, 4) is 0 Å². The summed E-state index contributed by atoms with van der Waals surface area (Å²) in [5, 5.41) is 12.8. The molecule has 0 bridgehead atoms. The van der Waals surface area contributed by atoms with Crippen LogP contribution in [0.4, 0.5) is 5.13 Å². The predicted octanol–water partition coefficient (Wildman–Crippen LogP) is 0.558. The van der Waals surface area contributed by atoms with E-state index in [-0.39, 0.29) is 12.0 Å². The summed E-state index contributed by atoms with van der Waals surface area (Å²) < 4.78 is 0. The summed E-state index contributed by atoms with van der Waals surface area (Å²) in [5.41, 5.74) is 0. The van der Waals surface area contributed by atoms with Crippen molar-refractivity contribution in [1.82, 2.24) is 9.88 Å². The number of carbonyl (C=O) groups excluding carboxylic acids is 1. The van der Waals surface area contributed by atoms with E-state index >= 15 is 0 Å². The Morgan fingerprint density at radius 2 is 2.56 bits per heavy atom. The lowest BCUT2D eigenvalue weighted by Gasteiger charge is -2.35. The van der Waals surface area contributed by atoms with Crippen molar-refractivity contribution in [2.75, 3.05) is 25.0 Å². The SMILES string of the molecule is C=CCNc1ncc(C(=O)N2CC(O)C2)s1. The molecule has 6 heteroatoms. The highest BCUT2D eigenvalue weighted by Crippen LogP contribution is 2.21. The number of hydrogen-bond acceptors (Lipinski definition) is 5. The normalized spacial score (nSPS) is 15.7. The first kappa shape index (κ1) is 11.1. The third-order valence-corrected chi connectivity index (χ3v) is 3.21. The van der Waals surface area contributed by atoms with Gasteiger partial charge in [-0.1, -0.05) is 17.4 Å². The number of hydrogen-bond donors (Lipinski definition) is 2. The van der Waals surface area contributed by atoms with Crippen LogP contribution in [0.15, 0.2) is 18.9 Å². The molecule has 0 unspecified atom stereocenters. The summed E-state index contributed by atoms with van der Waals surface area (Å²) in [5.74, 6) is -0.0607. The number of aromatic nitrogens is 1. The zero-order chi connectivity index (χ0) is 11.5. The molecule has 0 aromatic carbocycles. The maximum absolute atomic E-state index is 11.8. The molecule has 16 heavy (non-hydrogen) atoms. The van der Waals surface area contributed by atoms with Crippen LogP contribution in [0.1, 0.15) is 9.67 Å². The van der Waals surface area contributed by atoms with E-state index in [4.69, 9.17) is 5.11 Å². The average Bonchev–Trinajstić information content (AvgIpc) is 2.69. The maximum atomic E-state index is 11.8. The molecule has 1 aliphatic rings. The van der Waals surface area contributed by atoms with Crippen molar-refractivity contribution in [2.45, 2.75) is 6.10 Å². The molecule has 1 aromatic rings. The molecule has 1 aromatic heterocycles. The van der Waals surface area contributed by atoms with Gasteiger partial charge in [-0.05, 0) is 0 Å². The summed E-state index contributed by atoms with van der Waals surface area (Å²) in [4.78, 5) is 18.1. The van der Waals surface area contributed by atoms with Gasteiger partial charge >= 0.3 is 0 Å². The maximum Gasteiger partial charge on any atom is 0.265 e. The summed E-state index contributed by atoms with van der Waals surface area (Å²) in [7, 11) is 0. The Kier molecular flexibility index (Phi) is 3.21. The van der Waals surface area contributed by atoms with Gasteiger partial charge in [0.15, 0.2) is 5.13 Å². The van der Waals surface area contributed by atoms with Crippen LogP contribution in [0.2, 0.25) is 0 Å². The molecule has 5 nitrogen and oxygen atoms in total. The lowest BCUT2D eigenvalue weighted by molar-refractivity contribution is 0.00621. The van der Waals surface area contributed by atoms with Gasteiger partial charge in [-0.25, -0.2) is 4.98 Å². The number of nitrogens with one attached hydrogen (secondary N) is 1. The van der Waals surface area contributed by atoms with E-state index in [2.05, 4.69) is 16.9 Å². The number of aliphatic hydroxyl groups is 1. The number of thiazole rings is 1. The van der Waals surface area contributed by atoms with E-state index in [0.717, 1.165) is 0 Å². The van der Waals surface area contributed by atoms with Gasteiger partial charge in [0, 0.05) is 19.6 Å². The Balaban J connectivity index is 1.96. The molecule has 2 heterocycles. The molecule has 2 N–H and O–H groups in total. The monoisotopic (exact) mass is 239 g/mol. The minimum absolute atomic E-state index is 0.0607. The average molecular weight is 239 g/mol. The van der Waals surface area contributed by atoms with E-state index in [1.54, 1.807) is 17.2 Å². The van der Waals surface area contributed by atoms with Crippen LogP contribution in [0.3, 0.4) is 0 Å². The predicted molar refractivity (Wildman–Crippen MR) is 62.7 cm³/mol. The number of β-amino-alcohol motifs (C(OH)–C–C–N with tert-alkyl or cyclic N) is 1. The molecule has 0 radical (unpaired) electrons. The van der Waals surface area contributed by atoms with Gasteiger partial charge in [-0.2, -0.15) is 0 Å². The standard InChI is InChI=1S/C10H13N3O2S/c1-2-3-11-10-12-4-8(16-10)9(15)13-5-7(14)6-13/h2,4,7,14H,1,3,5-6H2,(H,11,12). The van der Waals surface area contributed by atoms with E-state index in [1.165, 1.54) is 11.3 Å². The Morgan fingerprint density at radius 1 is 1.81 bits per heavy atom. The van der Waals surface area contributed by atoms with Crippen LogP contribution in [-0.2, 0) is 0 Å². The van der Waals surface area contributed by atoms with Crippen molar-refractivity contribution in [2.24, 2.45) is 0 Å². The van der Waals surface area contributed by atoms with Gasteiger partial charge < -0.3 is 15.3 Å². The lowest BCUT2D eigenvalue weighted by Crippen LogP contribution is -2.53. The first-order valence-electron chi connectivity index (χ1n) is 4.98. The minimum Gasteiger partial charge on any atom is -0.389 e. The van der Waals surface area contributed by atoms with Crippen LogP contribution in [-0.4, -0.2) is 46.6 Å². The molecule has 86 valence electrons. The molecule has 1 amide bonds. The smallest absolute Gasteiger partial charge is 0.265 e. The second-order valence-corrected chi connectivity index (χ2v) is 4.59. The molecule has 1 aliphatic heterocycles. The van der Waals surface area contributed by atoms with Gasteiger partial charge in [-0.3, -0.25) is 4.79 Å². The quantitative estimate of drug-likeness (QED) is 0.753. The van der Waals surface area contributed by atoms with Crippen LogP contribution in [0.5, 0.6) is 0 Å². The largest absolute Gasteiger partial charge is 0.389 e. The van der Waals surface area contributed by atoms with Crippen molar-refractivity contribution in [3.05, 3.63) is 23.7 Å². The molecular weight excluding hydrogens is 226 g/mol. The fraction of sp³-hybridized carbons (Fsp3) is 0.400. The molecule has 1 saturated heterocycles. The Hall–Kier alpha value is -1.40. The number of aliphatic hydroxyl groups excluding tert-OH is 1. The van der Waals surface area contributed by atoms with Crippen molar-refractivity contribution in [1.29, 1.82) is 0 Å². The van der Waals surface area contributed by atoms with E-state index in [9.17, 15) is 4.79 Å². The highest BCUT2D eigenvalue weighted by atomic mass is 32.1. The van der Waals surface area contributed by atoms with Crippen molar-refractivity contribution >= 4 is 22.4 Å². The Labute approximate surface area is 97.4 Å². The van der Waals surface area contributed by atoms with E-state index in [0.29, 0.717) is 29.6 Å². The van der Waals surface area contributed by atoms with Crippen LogP contribution >= 0.6 is 11.3 Å². The van der Waals surface area contributed by atoms with Gasteiger partial charge in [0.1, 0.15) is 4.88 Å². The van der Waals surface area contributed by atoms with Gasteiger partial charge in [0.05, 0.1) is 12.3 Å². The lowest BCUT2D eigenvalue weighted by atomic mass is 10.1. The number of nitrogens with zero attached hydrogens (tertiary/aromatic N) is 2. The number of likely N-dealkylation sites (tertiary alicyclic amines) is 1. The second-order valence-electron chi connectivity index (χ2n) is 3.56. The number of anilines is 1. The van der Waals surface area contributed by atoms with Crippen molar-refractivity contribution < 1.29 is 9.90 Å². The zero-order valence-electron chi connectivity index (χ0n) is 8.72. The van der Waals surface area contributed by atoms with Crippen LogP contribution < -0.4 is 5.32 Å². The fourth-order valence-corrected chi connectivity index (χ4v) is 2.18. The molecular formula is C10H13N3O2S. The molecule has 0 aliphatic carbocycles. The fourth-order valence-electron chi connectivity index (χ4n) is 1.39. The highest BCUT2D eigenvalue weighted by Gasteiger charge is 2.30. The number of rotatable bonds is 4. The third kappa shape index (κ3) is 2.23. The molecule has 1 fully saturated rings. The van der Waals surface area contributed by atoms with E-state index in [1.807, 2.05) is 0 Å². The Morgan fingerprint density at radius 3 is 3.19 bits per heavy atom. The van der Waals surface area contributed by atoms with Crippen LogP contribution in [0, 0.1) is 0 Å².